The van der Waals surface area contributed by atoms with Gasteiger partial charge in [-0.2, -0.15) is 11.8 Å². The molecule has 2 aliphatic rings. The van der Waals surface area contributed by atoms with E-state index in [0.29, 0.717) is 5.75 Å². The summed E-state index contributed by atoms with van der Waals surface area (Å²) in [5.74, 6) is 2.84. The summed E-state index contributed by atoms with van der Waals surface area (Å²) in [4.78, 5) is 14.1. The van der Waals surface area contributed by atoms with Crippen molar-refractivity contribution in [2.24, 2.45) is 5.92 Å². The molecule has 0 aromatic carbocycles. The van der Waals surface area contributed by atoms with E-state index in [1.54, 1.807) is 11.8 Å². The van der Waals surface area contributed by atoms with Crippen LogP contribution >= 0.6 is 11.8 Å². The lowest BCUT2D eigenvalue weighted by Gasteiger charge is -2.27. The van der Waals surface area contributed by atoms with E-state index in [2.05, 4.69) is 18.3 Å². The Morgan fingerprint density at radius 1 is 1.59 bits per heavy atom. The van der Waals surface area contributed by atoms with Crippen molar-refractivity contribution >= 4 is 17.7 Å². The summed E-state index contributed by atoms with van der Waals surface area (Å²) in [6.07, 6.45) is 5.65. The Hall–Kier alpha value is -0.480. The van der Waals surface area contributed by atoms with Crippen molar-refractivity contribution in [1.82, 2.24) is 10.2 Å². The van der Waals surface area contributed by atoms with E-state index in [9.17, 15) is 4.79 Å². The van der Waals surface area contributed by atoms with Crippen molar-refractivity contribution in [3.8, 4) is 0 Å². The van der Waals surface area contributed by atoms with Gasteiger partial charge in [-0.25, -0.2) is 0 Å². The first-order chi connectivity index (χ1) is 8.31. The molecule has 17 heavy (non-hydrogen) atoms. The topological polar surface area (TPSA) is 32.3 Å². The van der Waals surface area contributed by atoms with Crippen molar-refractivity contribution in [2.75, 3.05) is 31.1 Å². The van der Waals surface area contributed by atoms with E-state index in [0.717, 1.165) is 44.1 Å². The highest BCUT2D eigenvalue weighted by Crippen LogP contribution is 2.22. The smallest absolute Gasteiger partial charge is 0.236 e. The Morgan fingerprint density at radius 3 is 2.94 bits per heavy atom. The summed E-state index contributed by atoms with van der Waals surface area (Å²) in [5.41, 5.74) is 1.25. The standard InChI is InChI=1S/C13H22N2OS/c1-2-15(12-5-3-4-6-12)13(16)10-17-9-11-7-14-8-11/h5,11,14H,2-4,6-10H2,1H3. The van der Waals surface area contributed by atoms with E-state index in [1.165, 1.54) is 12.1 Å². The van der Waals surface area contributed by atoms with Crippen LogP contribution in [-0.2, 0) is 4.79 Å². The molecule has 3 nitrogen and oxygen atoms in total. The van der Waals surface area contributed by atoms with Crippen LogP contribution in [-0.4, -0.2) is 41.9 Å². The molecule has 1 N–H and O–H groups in total. The van der Waals surface area contributed by atoms with Gasteiger partial charge in [-0.3, -0.25) is 4.79 Å². The van der Waals surface area contributed by atoms with E-state index >= 15 is 0 Å². The molecular weight excluding hydrogens is 232 g/mol. The maximum atomic E-state index is 12.1. The van der Waals surface area contributed by atoms with Crippen LogP contribution in [0.2, 0.25) is 0 Å². The molecule has 0 atom stereocenters. The molecule has 96 valence electrons. The minimum absolute atomic E-state index is 0.290. The SMILES string of the molecule is CCN(C(=O)CSCC1CNC1)C1=CCCC1. The van der Waals surface area contributed by atoms with Gasteiger partial charge in [0.1, 0.15) is 0 Å². The van der Waals surface area contributed by atoms with E-state index in [-0.39, 0.29) is 5.91 Å². The van der Waals surface area contributed by atoms with Crippen LogP contribution in [0.15, 0.2) is 11.8 Å². The van der Waals surface area contributed by atoms with Crippen molar-refractivity contribution in [1.29, 1.82) is 0 Å². The molecule has 0 aromatic heterocycles. The molecule has 0 unspecified atom stereocenters. The first-order valence-corrected chi connectivity index (χ1v) is 7.74. The Balaban J connectivity index is 1.72. The minimum Gasteiger partial charge on any atom is -0.316 e. The van der Waals surface area contributed by atoms with Crippen LogP contribution in [0.5, 0.6) is 0 Å². The monoisotopic (exact) mass is 254 g/mol. The van der Waals surface area contributed by atoms with Crippen LogP contribution in [0.3, 0.4) is 0 Å². The van der Waals surface area contributed by atoms with Crippen molar-refractivity contribution in [3.05, 3.63) is 11.8 Å². The summed E-state index contributed by atoms with van der Waals surface area (Å²) >= 11 is 1.79. The first kappa shape index (κ1) is 13.0. The zero-order valence-corrected chi connectivity index (χ0v) is 11.4. The molecule has 0 saturated carbocycles. The largest absolute Gasteiger partial charge is 0.316 e. The molecule has 1 aliphatic carbocycles. The zero-order valence-electron chi connectivity index (χ0n) is 10.6. The second-order valence-corrected chi connectivity index (χ2v) is 5.80. The van der Waals surface area contributed by atoms with Gasteiger partial charge in [0.05, 0.1) is 5.75 Å². The number of hydrogen-bond acceptors (Lipinski definition) is 3. The van der Waals surface area contributed by atoms with Gasteiger partial charge in [0.15, 0.2) is 0 Å². The number of rotatable bonds is 6. The predicted molar refractivity (Wildman–Crippen MR) is 73.0 cm³/mol. The summed E-state index contributed by atoms with van der Waals surface area (Å²) in [7, 11) is 0. The molecule has 0 radical (unpaired) electrons. The van der Waals surface area contributed by atoms with Gasteiger partial charge in [-0.1, -0.05) is 6.08 Å². The quantitative estimate of drug-likeness (QED) is 0.785. The molecule has 2 rings (SSSR count). The number of thioether (sulfide) groups is 1. The molecule has 4 heteroatoms. The highest BCUT2D eigenvalue weighted by molar-refractivity contribution is 7.99. The Bertz CT molecular complexity index is 300. The maximum Gasteiger partial charge on any atom is 0.236 e. The normalized spacial score (nSPS) is 19.9. The Morgan fingerprint density at radius 2 is 2.41 bits per heavy atom. The number of hydrogen-bond donors (Lipinski definition) is 1. The first-order valence-electron chi connectivity index (χ1n) is 6.59. The lowest BCUT2D eigenvalue weighted by atomic mass is 10.1. The molecule has 1 heterocycles. The molecule has 0 spiro atoms. The van der Waals surface area contributed by atoms with E-state index in [1.807, 2.05) is 4.90 Å². The summed E-state index contributed by atoms with van der Waals surface area (Å²) in [6.45, 7) is 5.14. The molecule has 0 bridgehead atoms. The third kappa shape index (κ3) is 3.49. The zero-order chi connectivity index (χ0) is 12.1. The second kappa shape index (κ2) is 6.45. The van der Waals surface area contributed by atoms with Gasteiger partial charge >= 0.3 is 0 Å². The average molecular weight is 254 g/mol. The Kier molecular flexibility index (Phi) is 4.92. The van der Waals surface area contributed by atoms with Crippen molar-refractivity contribution < 1.29 is 4.79 Å². The fraction of sp³-hybridized carbons (Fsp3) is 0.769. The molecule has 0 aromatic rings. The molecular formula is C13H22N2OS. The lowest BCUT2D eigenvalue weighted by molar-refractivity contribution is -0.126. The van der Waals surface area contributed by atoms with E-state index < -0.39 is 0 Å². The molecule has 1 aliphatic heterocycles. The predicted octanol–water partition coefficient (Wildman–Crippen LogP) is 1.86. The second-order valence-electron chi connectivity index (χ2n) is 4.77. The van der Waals surface area contributed by atoms with Gasteiger partial charge in [-0.15, -0.1) is 0 Å². The molecule has 1 fully saturated rings. The maximum absolute atomic E-state index is 12.1. The van der Waals surface area contributed by atoms with Crippen LogP contribution in [0.25, 0.3) is 0 Å². The van der Waals surface area contributed by atoms with Crippen LogP contribution in [0, 0.1) is 5.92 Å². The molecule has 1 saturated heterocycles. The van der Waals surface area contributed by atoms with Gasteiger partial charge in [0.25, 0.3) is 0 Å². The fourth-order valence-corrected chi connectivity index (χ4v) is 3.31. The molecule has 1 amide bonds. The van der Waals surface area contributed by atoms with Crippen LogP contribution in [0.4, 0.5) is 0 Å². The number of nitrogens with one attached hydrogen (secondary N) is 1. The number of allylic oxidation sites excluding steroid dienone is 2. The number of carbonyl (C=O) groups is 1. The Labute approximate surface area is 108 Å². The van der Waals surface area contributed by atoms with Gasteiger partial charge in [0, 0.05) is 12.2 Å². The third-order valence-electron chi connectivity index (χ3n) is 3.43. The minimum atomic E-state index is 0.290. The number of carbonyl (C=O) groups excluding carboxylic acids is 1. The van der Waals surface area contributed by atoms with Crippen LogP contribution in [0.1, 0.15) is 26.2 Å². The summed E-state index contributed by atoms with van der Waals surface area (Å²) < 4.78 is 0. The number of nitrogens with zero attached hydrogens (tertiary/aromatic N) is 1. The third-order valence-corrected chi connectivity index (χ3v) is 4.58. The van der Waals surface area contributed by atoms with Gasteiger partial charge < -0.3 is 10.2 Å². The van der Waals surface area contributed by atoms with Gasteiger partial charge in [0.2, 0.25) is 5.91 Å². The summed E-state index contributed by atoms with van der Waals surface area (Å²) in [6, 6.07) is 0. The average Bonchev–Trinajstić information content (AvgIpc) is 2.76. The van der Waals surface area contributed by atoms with E-state index in [4.69, 9.17) is 0 Å². The summed E-state index contributed by atoms with van der Waals surface area (Å²) in [5, 5.41) is 3.26. The number of amides is 1. The lowest BCUT2D eigenvalue weighted by Crippen LogP contribution is -2.43. The fourth-order valence-electron chi connectivity index (χ4n) is 2.30. The highest BCUT2D eigenvalue weighted by atomic mass is 32.2. The van der Waals surface area contributed by atoms with Crippen LogP contribution < -0.4 is 5.32 Å². The van der Waals surface area contributed by atoms with Crippen molar-refractivity contribution in [2.45, 2.75) is 26.2 Å². The highest BCUT2D eigenvalue weighted by Gasteiger charge is 2.20. The van der Waals surface area contributed by atoms with Crippen molar-refractivity contribution in [3.63, 3.8) is 0 Å². The van der Waals surface area contributed by atoms with Gasteiger partial charge in [-0.05, 0) is 50.9 Å².